The fourth-order valence-electron chi connectivity index (χ4n) is 0.143. The predicted molar refractivity (Wildman–Crippen MR) is 44.9 cm³/mol. The predicted octanol–water partition coefficient (Wildman–Crippen LogP) is 1.29. The van der Waals surface area contributed by atoms with Gasteiger partial charge in [-0.25, -0.2) is 9.59 Å². The molecule has 12 heavy (non-hydrogen) atoms. The topological polar surface area (TPSA) is 74.6 Å². The number of aliphatic carboxylic acids is 2. The van der Waals surface area contributed by atoms with E-state index in [0.717, 1.165) is 6.08 Å². The Hall–Kier alpha value is -1.58. The maximum atomic E-state index is 9.60. The number of carboxylic acids is 2. The SMILES string of the molecule is C=C(C)C(=O)O.CC=CC(=O)O. The number of carboxylic acid groups (broad SMARTS) is 2. The summed E-state index contributed by atoms with van der Waals surface area (Å²) in [4.78, 5) is 19.1. The first-order valence-electron chi connectivity index (χ1n) is 3.16. The normalized spacial score (nSPS) is 8.50. The van der Waals surface area contributed by atoms with Gasteiger partial charge in [0, 0.05) is 11.6 Å². The Balaban J connectivity index is 0. The Bertz CT molecular complexity index is 191. The van der Waals surface area contributed by atoms with Crippen LogP contribution in [0.25, 0.3) is 0 Å². The molecule has 0 amide bonds. The Labute approximate surface area is 70.8 Å². The molecule has 0 aromatic carbocycles. The van der Waals surface area contributed by atoms with Crippen LogP contribution in [0.15, 0.2) is 24.3 Å². The number of hydrogen-bond acceptors (Lipinski definition) is 2. The molecule has 0 saturated carbocycles. The van der Waals surface area contributed by atoms with E-state index >= 15 is 0 Å². The van der Waals surface area contributed by atoms with Crippen LogP contribution >= 0.6 is 0 Å². The van der Waals surface area contributed by atoms with E-state index in [4.69, 9.17) is 10.2 Å². The fourth-order valence-corrected chi connectivity index (χ4v) is 0.143. The third-order valence-corrected chi connectivity index (χ3v) is 0.674. The van der Waals surface area contributed by atoms with Gasteiger partial charge >= 0.3 is 11.9 Å². The van der Waals surface area contributed by atoms with Gasteiger partial charge in [-0.15, -0.1) is 0 Å². The standard InChI is InChI=1S/2C4H6O2/c1-3(2)4(5)6;1-2-3-4(5)6/h1H2,2H3,(H,5,6);2-3H,1H3,(H,5,6). The van der Waals surface area contributed by atoms with E-state index in [0.29, 0.717) is 0 Å². The van der Waals surface area contributed by atoms with Crippen LogP contribution in [0.4, 0.5) is 0 Å². The van der Waals surface area contributed by atoms with Crippen LogP contribution in [0.1, 0.15) is 13.8 Å². The van der Waals surface area contributed by atoms with E-state index in [-0.39, 0.29) is 5.57 Å². The molecule has 4 nitrogen and oxygen atoms in total. The molecule has 0 aliphatic heterocycles. The molecular weight excluding hydrogens is 160 g/mol. The molecule has 2 N–H and O–H groups in total. The first kappa shape index (κ1) is 13.0. The van der Waals surface area contributed by atoms with Crippen molar-refractivity contribution in [2.45, 2.75) is 13.8 Å². The van der Waals surface area contributed by atoms with E-state index in [1.165, 1.54) is 13.0 Å². The van der Waals surface area contributed by atoms with Gasteiger partial charge in [0.15, 0.2) is 0 Å². The summed E-state index contributed by atoms with van der Waals surface area (Å²) >= 11 is 0. The second-order valence-electron chi connectivity index (χ2n) is 1.92. The summed E-state index contributed by atoms with van der Waals surface area (Å²) in [6.45, 7) is 6.26. The van der Waals surface area contributed by atoms with Gasteiger partial charge in [-0.2, -0.15) is 0 Å². The van der Waals surface area contributed by atoms with Crippen LogP contribution in [-0.2, 0) is 9.59 Å². The van der Waals surface area contributed by atoms with Crippen molar-refractivity contribution in [3.63, 3.8) is 0 Å². The number of carbonyl (C=O) groups is 2. The van der Waals surface area contributed by atoms with E-state index in [2.05, 4.69) is 6.58 Å². The van der Waals surface area contributed by atoms with Crippen LogP contribution in [-0.4, -0.2) is 22.2 Å². The van der Waals surface area contributed by atoms with Crippen LogP contribution in [0.3, 0.4) is 0 Å². The zero-order chi connectivity index (χ0) is 10.1. The number of rotatable bonds is 2. The molecule has 0 atom stereocenters. The third-order valence-electron chi connectivity index (χ3n) is 0.674. The highest BCUT2D eigenvalue weighted by molar-refractivity contribution is 5.84. The van der Waals surface area contributed by atoms with Crippen LogP contribution in [0.5, 0.6) is 0 Å². The van der Waals surface area contributed by atoms with Gasteiger partial charge < -0.3 is 10.2 Å². The van der Waals surface area contributed by atoms with E-state index in [1.54, 1.807) is 6.92 Å². The maximum absolute atomic E-state index is 9.60. The molecule has 0 aliphatic rings. The first-order valence-corrected chi connectivity index (χ1v) is 3.16. The summed E-state index contributed by atoms with van der Waals surface area (Å²) in [6, 6.07) is 0. The second kappa shape index (κ2) is 7.53. The molecule has 0 rings (SSSR count). The van der Waals surface area contributed by atoms with Crippen LogP contribution < -0.4 is 0 Å². The van der Waals surface area contributed by atoms with Gasteiger partial charge in [0.2, 0.25) is 0 Å². The number of hydrogen-bond donors (Lipinski definition) is 2. The highest BCUT2D eigenvalue weighted by atomic mass is 16.4. The number of allylic oxidation sites excluding steroid dienone is 1. The smallest absolute Gasteiger partial charge is 0.330 e. The van der Waals surface area contributed by atoms with E-state index < -0.39 is 11.9 Å². The van der Waals surface area contributed by atoms with Crippen molar-refractivity contribution in [1.82, 2.24) is 0 Å². The minimum atomic E-state index is -0.935. The largest absolute Gasteiger partial charge is 0.478 e. The molecule has 4 heteroatoms. The molecule has 0 aromatic heterocycles. The van der Waals surface area contributed by atoms with Crippen molar-refractivity contribution in [1.29, 1.82) is 0 Å². The van der Waals surface area contributed by atoms with Crippen LogP contribution in [0, 0.1) is 0 Å². The van der Waals surface area contributed by atoms with E-state index in [1.807, 2.05) is 0 Å². The van der Waals surface area contributed by atoms with Crippen molar-refractivity contribution >= 4 is 11.9 Å². The molecule has 0 fully saturated rings. The van der Waals surface area contributed by atoms with Gasteiger partial charge in [0.25, 0.3) is 0 Å². The molecule has 0 spiro atoms. The molecule has 0 radical (unpaired) electrons. The summed E-state index contributed by atoms with van der Waals surface area (Å²) in [5.74, 6) is -1.83. The molecule has 0 saturated heterocycles. The van der Waals surface area contributed by atoms with Crippen molar-refractivity contribution in [2.75, 3.05) is 0 Å². The summed E-state index contributed by atoms with van der Waals surface area (Å²) in [5, 5.41) is 15.7. The Morgan fingerprint density at radius 1 is 1.33 bits per heavy atom. The highest BCUT2D eigenvalue weighted by Gasteiger charge is 1.90. The molecule has 0 unspecified atom stereocenters. The monoisotopic (exact) mass is 172 g/mol. The summed E-state index contributed by atoms with van der Waals surface area (Å²) < 4.78 is 0. The quantitative estimate of drug-likeness (QED) is 0.615. The molecular formula is C8H12O4. The lowest BCUT2D eigenvalue weighted by atomic mass is 10.4. The average Bonchev–Trinajstić information content (AvgIpc) is 1.87. The zero-order valence-electron chi connectivity index (χ0n) is 7.07. The summed E-state index contributed by atoms with van der Waals surface area (Å²) in [7, 11) is 0. The average molecular weight is 172 g/mol. The Morgan fingerprint density at radius 3 is 1.67 bits per heavy atom. The summed E-state index contributed by atoms with van der Waals surface area (Å²) in [6.07, 6.45) is 2.56. The fraction of sp³-hybridized carbons (Fsp3) is 0.250. The van der Waals surface area contributed by atoms with Crippen LogP contribution in [0.2, 0.25) is 0 Å². The lowest BCUT2D eigenvalue weighted by Crippen LogP contribution is -1.92. The van der Waals surface area contributed by atoms with Crippen molar-refractivity contribution in [3.05, 3.63) is 24.3 Å². The molecule has 0 aromatic rings. The van der Waals surface area contributed by atoms with Gasteiger partial charge in [-0.3, -0.25) is 0 Å². The highest BCUT2D eigenvalue weighted by Crippen LogP contribution is 1.81. The maximum Gasteiger partial charge on any atom is 0.330 e. The Morgan fingerprint density at radius 2 is 1.67 bits per heavy atom. The molecule has 68 valence electrons. The van der Waals surface area contributed by atoms with E-state index in [9.17, 15) is 9.59 Å². The lowest BCUT2D eigenvalue weighted by molar-refractivity contribution is -0.133. The second-order valence-corrected chi connectivity index (χ2v) is 1.92. The lowest BCUT2D eigenvalue weighted by Gasteiger charge is -1.79. The minimum absolute atomic E-state index is 0.176. The van der Waals surface area contributed by atoms with Gasteiger partial charge in [0.05, 0.1) is 0 Å². The van der Waals surface area contributed by atoms with Crippen molar-refractivity contribution < 1.29 is 19.8 Å². The third kappa shape index (κ3) is 15.8. The van der Waals surface area contributed by atoms with Crippen molar-refractivity contribution in [2.24, 2.45) is 0 Å². The minimum Gasteiger partial charge on any atom is -0.478 e. The zero-order valence-corrected chi connectivity index (χ0v) is 7.07. The van der Waals surface area contributed by atoms with Gasteiger partial charge in [0.1, 0.15) is 0 Å². The summed E-state index contributed by atoms with van der Waals surface area (Å²) in [5.41, 5.74) is 0.176. The van der Waals surface area contributed by atoms with Gasteiger partial charge in [-0.05, 0) is 13.8 Å². The molecule has 0 heterocycles. The first-order chi connectivity index (χ1) is 5.41. The Kier molecular flexibility index (Phi) is 8.18. The van der Waals surface area contributed by atoms with Gasteiger partial charge in [-0.1, -0.05) is 12.7 Å². The molecule has 0 aliphatic carbocycles. The van der Waals surface area contributed by atoms with Crippen molar-refractivity contribution in [3.8, 4) is 0 Å². The molecule has 0 bridgehead atoms.